The summed E-state index contributed by atoms with van der Waals surface area (Å²) in [4.78, 5) is 64.7. The average Bonchev–Trinajstić information content (AvgIpc) is 3.46. The van der Waals surface area contributed by atoms with Gasteiger partial charge in [0.15, 0.2) is 5.43 Å². The Labute approximate surface area is 330 Å². The Balaban J connectivity index is 1.01. The molecule has 12 nitrogen and oxygen atoms in total. The van der Waals surface area contributed by atoms with Crippen molar-refractivity contribution in [3.05, 3.63) is 140 Å². The maximum atomic E-state index is 13.6. The second kappa shape index (κ2) is 16.0. The van der Waals surface area contributed by atoms with Crippen LogP contribution in [0, 0.1) is 6.92 Å². The highest BCUT2D eigenvalue weighted by Gasteiger charge is 2.24. The summed E-state index contributed by atoms with van der Waals surface area (Å²) in [7, 11) is 1.55. The Morgan fingerprint density at radius 3 is 2.28 bits per heavy atom. The van der Waals surface area contributed by atoms with Crippen molar-refractivity contribution < 1.29 is 38.5 Å². The molecule has 288 valence electrons. The van der Waals surface area contributed by atoms with Gasteiger partial charge < -0.3 is 30.0 Å². The van der Waals surface area contributed by atoms with Crippen molar-refractivity contribution in [1.82, 2.24) is 15.2 Å². The number of aromatic carboxylic acids is 1. The van der Waals surface area contributed by atoms with Gasteiger partial charge in [0, 0.05) is 69.0 Å². The standard InChI is InChI=1S/C44H36ClN3O9/c1-24-34(35-22-30(56-2)12-16-37(35)48(24)43(53)25-5-8-27(45)9-6-25)23-40(51)46-17-3-4-18-47-42(52)26-7-13-31(44(54)55)36(19-26)41-32-14-10-28(49)20-38(32)57-39-21-29(50)11-15-33(39)41/h5-16,19-22,49H,3-4,17-18,23H2,1-2H3,(H,46,51)(H,47,52)(H,54,55). The van der Waals surface area contributed by atoms with Crippen LogP contribution in [0.2, 0.25) is 5.02 Å². The van der Waals surface area contributed by atoms with E-state index in [2.05, 4.69) is 10.6 Å². The van der Waals surface area contributed by atoms with Gasteiger partial charge in [0.2, 0.25) is 5.91 Å². The molecule has 0 saturated heterocycles. The number of carboxylic acids is 1. The quantitative estimate of drug-likeness (QED) is 0.0724. The molecule has 0 atom stereocenters. The van der Waals surface area contributed by atoms with E-state index >= 15 is 0 Å². The number of carboxylic acid groups (broad SMARTS) is 1. The van der Waals surface area contributed by atoms with E-state index in [-0.39, 0.29) is 64.0 Å². The first kappa shape index (κ1) is 38.4. The maximum Gasteiger partial charge on any atom is 0.336 e. The van der Waals surface area contributed by atoms with Crippen LogP contribution in [0.5, 0.6) is 11.5 Å². The minimum Gasteiger partial charge on any atom is -0.508 e. The summed E-state index contributed by atoms with van der Waals surface area (Å²) < 4.78 is 12.9. The Kier molecular flexibility index (Phi) is 10.8. The molecule has 0 bridgehead atoms. The number of hydrogen-bond donors (Lipinski definition) is 4. The van der Waals surface area contributed by atoms with E-state index in [1.165, 1.54) is 42.5 Å². The molecule has 2 aliphatic rings. The first-order valence-electron chi connectivity index (χ1n) is 18.0. The molecule has 13 heteroatoms. The summed E-state index contributed by atoms with van der Waals surface area (Å²) in [5.41, 5.74) is 3.62. The van der Waals surface area contributed by atoms with Crippen LogP contribution >= 0.6 is 11.6 Å². The minimum absolute atomic E-state index is 0.0289. The van der Waals surface area contributed by atoms with E-state index in [0.717, 1.165) is 5.39 Å². The van der Waals surface area contributed by atoms with Crippen LogP contribution in [0.25, 0.3) is 44.3 Å². The normalized spacial score (nSPS) is 11.2. The lowest BCUT2D eigenvalue weighted by molar-refractivity contribution is -0.120. The maximum absolute atomic E-state index is 13.6. The summed E-state index contributed by atoms with van der Waals surface area (Å²) in [6, 6.07) is 24.8. The molecule has 0 radical (unpaired) electrons. The number of phenolic OH excluding ortho intramolecular Hbond substituents is 1. The van der Waals surface area contributed by atoms with Gasteiger partial charge in [0.1, 0.15) is 22.8 Å². The Morgan fingerprint density at radius 1 is 0.807 bits per heavy atom. The zero-order chi connectivity index (χ0) is 40.4. The van der Waals surface area contributed by atoms with Crippen molar-refractivity contribution in [2.75, 3.05) is 20.2 Å². The molecule has 2 amide bonds. The fourth-order valence-corrected chi connectivity index (χ4v) is 7.15. The third-order valence-corrected chi connectivity index (χ3v) is 10.1. The number of methoxy groups -OCH3 is 1. The van der Waals surface area contributed by atoms with Crippen molar-refractivity contribution >= 4 is 57.2 Å². The SMILES string of the molecule is COc1ccc2c(c1)c(CC(=O)NCCCCNC(=O)c1ccc(C(=O)O)c(-c3c4ccc(=O)cc-4oc4cc(O)ccc34)c1)c(C)n2C(=O)c1ccc(Cl)cc1. The van der Waals surface area contributed by atoms with Crippen molar-refractivity contribution in [2.24, 2.45) is 0 Å². The summed E-state index contributed by atoms with van der Waals surface area (Å²) in [6.07, 6.45) is 1.12. The van der Waals surface area contributed by atoms with Crippen molar-refractivity contribution in [3.63, 3.8) is 0 Å². The molecule has 7 rings (SSSR count). The average molecular weight is 786 g/mol. The lowest BCUT2D eigenvalue weighted by atomic mass is 9.89. The first-order chi connectivity index (χ1) is 27.4. The molecular formula is C44H36ClN3O9. The number of benzene rings is 5. The number of phenols is 1. The molecule has 2 heterocycles. The van der Waals surface area contributed by atoms with E-state index < -0.39 is 11.9 Å². The Bertz CT molecular complexity index is 2750. The number of rotatable bonds is 12. The van der Waals surface area contributed by atoms with Crippen LogP contribution in [0.15, 0.2) is 106 Å². The fraction of sp³-hybridized carbons (Fsp3) is 0.159. The summed E-state index contributed by atoms with van der Waals surface area (Å²) in [5.74, 6) is -1.42. The summed E-state index contributed by atoms with van der Waals surface area (Å²) >= 11 is 6.04. The monoisotopic (exact) mass is 785 g/mol. The lowest BCUT2D eigenvalue weighted by Crippen LogP contribution is -2.28. The van der Waals surface area contributed by atoms with Gasteiger partial charge in [-0.05, 0) is 116 Å². The summed E-state index contributed by atoms with van der Waals surface area (Å²) in [5, 5.41) is 27.8. The van der Waals surface area contributed by atoms with Crippen molar-refractivity contribution in [2.45, 2.75) is 26.2 Å². The summed E-state index contributed by atoms with van der Waals surface area (Å²) in [6.45, 7) is 2.43. The molecule has 1 aliphatic carbocycles. The molecule has 5 aromatic rings. The van der Waals surface area contributed by atoms with Gasteiger partial charge in [0.05, 0.1) is 24.6 Å². The molecule has 57 heavy (non-hydrogen) atoms. The Morgan fingerprint density at radius 2 is 1.54 bits per heavy atom. The fourth-order valence-electron chi connectivity index (χ4n) is 7.03. The second-order valence-electron chi connectivity index (χ2n) is 13.5. The number of fused-ring (bicyclic) bond motifs is 3. The number of amides is 2. The number of ether oxygens (including phenoxy) is 1. The lowest BCUT2D eigenvalue weighted by Gasteiger charge is -2.17. The number of carbonyl (C=O) groups excluding carboxylic acids is 3. The zero-order valence-electron chi connectivity index (χ0n) is 30.9. The van der Waals surface area contributed by atoms with E-state index in [4.69, 9.17) is 20.8 Å². The topological polar surface area (TPSA) is 177 Å². The number of hydrogen-bond acceptors (Lipinski definition) is 8. The molecule has 1 aliphatic heterocycles. The smallest absolute Gasteiger partial charge is 0.336 e. The highest BCUT2D eigenvalue weighted by molar-refractivity contribution is 6.30. The van der Waals surface area contributed by atoms with Gasteiger partial charge >= 0.3 is 5.97 Å². The molecule has 4 N–H and O–H groups in total. The van der Waals surface area contributed by atoms with Gasteiger partial charge in [-0.1, -0.05) is 11.6 Å². The third-order valence-electron chi connectivity index (χ3n) is 9.84. The number of carbonyl (C=O) groups is 4. The van der Waals surface area contributed by atoms with E-state index in [9.17, 15) is 34.2 Å². The van der Waals surface area contributed by atoms with E-state index in [0.29, 0.717) is 69.0 Å². The van der Waals surface area contributed by atoms with Crippen LogP contribution < -0.4 is 20.8 Å². The number of nitrogens with one attached hydrogen (secondary N) is 2. The second-order valence-corrected chi connectivity index (χ2v) is 13.9. The molecule has 0 saturated carbocycles. The van der Waals surface area contributed by atoms with Crippen LogP contribution in [-0.2, 0) is 11.2 Å². The Hall–Kier alpha value is -6.92. The van der Waals surface area contributed by atoms with Crippen LogP contribution in [0.4, 0.5) is 0 Å². The number of unbranched alkanes of at least 4 members (excludes halogenated alkanes) is 1. The van der Waals surface area contributed by atoms with Crippen molar-refractivity contribution in [3.8, 4) is 33.9 Å². The molecule has 0 fully saturated rings. The van der Waals surface area contributed by atoms with Gasteiger partial charge in [-0.25, -0.2) is 4.79 Å². The number of halogens is 1. The predicted octanol–water partition coefficient (Wildman–Crippen LogP) is 7.45. The number of nitrogens with zero attached hydrogens (tertiary/aromatic N) is 1. The first-order valence-corrected chi connectivity index (χ1v) is 18.4. The molecule has 0 unspecified atom stereocenters. The third kappa shape index (κ3) is 7.80. The molecular weight excluding hydrogens is 750 g/mol. The highest BCUT2D eigenvalue weighted by atomic mass is 35.5. The van der Waals surface area contributed by atoms with Crippen LogP contribution in [-0.4, -0.2) is 58.7 Å². The number of aromatic nitrogens is 1. The molecule has 1 aromatic heterocycles. The van der Waals surface area contributed by atoms with E-state index in [1.54, 1.807) is 67.1 Å². The van der Waals surface area contributed by atoms with Gasteiger partial charge in [-0.3, -0.25) is 23.7 Å². The van der Waals surface area contributed by atoms with Crippen LogP contribution in [0.3, 0.4) is 0 Å². The van der Waals surface area contributed by atoms with Gasteiger partial charge in [-0.2, -0.15) is 0 Å². The van der Waals surface area contributed by atoms with Gasteiger partial charge in [-0.15, -0.1) is 0 Å². The van der Waals surface area contributed by atoms with Crippen molar-refractivity contribution in [1.29, 1.82) is 0 Å². The van der Waals surface area contributed by atoms with E-state index in [1.807, 2.05) is 6.07 Å². The molecule has 4 aromatic carbocycles. The number of aromatic hydroxyl groups is 1. The zero-order valence-corrected chi connectivity index (χ0v) is 31.6. The van der Waals surface area contributed by atoms with Crippen LogP contribution in [0.1, 0.15) is 55.2 Å². The van der Waals surface area contributed by atoms with Gasteiger partial charge in [0.25, 0.3) is 11.8 Å². The minimum atomic E-state index is -1.22. The predicted molar refractivity (Wildman–Crippen MR) is 216 cm³/mol. The molecule has 0 spiro atoms. The largest absolute Gasteiger partial charge is 0.508 e. The highest BCUT2D eigenvalue weighted by Crippen LogP contribution is 2.42.